The average molecular weight is 603 g/mol. The number of halogens is 1. The number of carbonyl (C=O) groups is 1. The van der Waals surface area contributed by atoms with E-state index in [9.17, 15) is 9.59 Å². The van der Waals surface area contributed by atoms with Gasteiger partial charge in [-0.05, 0) is 49.8 Å². The van der Waals surface area contributed by atoms with Gasteiger partial charge in [0.15, 0.2) is 16.3 Å². The minimum absolute atomic E-state index is 0.178. The van der Waals surface area contributed by atoms with Crippen LogP contribution in [0.5, 0.6) is 23.0 Å². The van der Waals surface area contributed by atoms with Crippen LogP contribution in [0, 0.1) is 0 Å². The molecule has 0 spiro atoms. The summed E-state index contributed by atoms with van der Waals surface area (Å²) in [6, 6.07) is 8.01. The van der Waals surface area contributed by atoms with Gasteiger partial charge in [0.05, 0.1) is 56.9 Å². The Morgan fingerprint density at radius 3 is 2.37 bits per heavy atom. The van der Waals surface area contributed by atoms with Crippen LogP contribution in [0.15, 0.2) is 55.9 Å². The number of allylic oxidation sites excluding steroid dienone is 1. The summed E-state index contributed by atoms with van der Waals surface area (Å²) in [5.74, 6) is 1.59. The fourth-order valence-electron chi connectivity index (χ4n) is 4.24. The van der Waals surface area contributed by atoms with Gasteiger partial charge in [0.25, 0.3) is 5.56 Å². The molecule has 4 rings (SSSR count). The lowest BCUT2D eigenvalue weighted by Crippen LogP contribution is -2.40. The number of methoxy groups -OCH3 is 4. The molecule has 0 aliphatic carbocycles. The van der Waals surface area contributed by atoms with Gasteiger partial charge in [-0.1, -0.05) is 27.3 Å². The van der Waals surface area contributed by atoms with Crippen LogP contribution in [0.1, 0.15) is 31.0 Å². The molecule has 38 heavy (non-hydrogen) atoms. The Morgan fingerprint density at radius 2 is 1.74 bits per heavy atom. The number of hydrogen-bond acceptors (Lipinski definition) is 9. The van der Waals surface area contributed by atoms with E-state index in [4.69, 9.17) is 23.7 Å². The minimum Gasteiger partial charge on any atom is -0.497 e. The van der Waals surface area contributed by atoms with Crippen molar-refractivity contribution < 1.29 is 28.5 Å². The van der Waals surface area contributed by atoms with E-state index < -0.39 is 12.0 Å². The van der Waals surface area contributed by atoms with Crippen molar-refractivity contribution in [1.82, 2.24) is 4.57 Å². The number of esters is 1. The maximum atomic E-state index is 13.9. The monoisotopic (exact) mass is 602 g/mol. The number of aromatic nitrogens is 1. The molecule has 0 saturated heterocycles. The third kappa shape index (κ3) is 4.95. The van der Waals surface area contributed by atoms with E-state index in [1.54, 1.807) is 58.4 Å². The Kier molecular flexibility index (Phi) is 8.27. The van der Waals surface area contributed by atoms with Crippen LogP contribution in [0.3, 0.4) is 0 Å². The summed E-state index contributed by atoms with van der Waals surface area (Å²) >= 11 is 4.83. The van der Waals surface area contributed by atoms with E-state index in [0.717, 1.165) is 0 Å². The lowest BCUT2D eigenvalue weighted by molar-refractivity contribution is -0.139. The van der Waals surface area contributed by atoms with Crippen LogP contribution in [0.25, 0.3) is 6.08 Å². The largest absolute Gasteiger partial charge is 0.497 e. The molecule has 0 N–H and O–H groups in total. The highest BCUT2D eigenvalue weighted by Crippen LogP contribution is 2.40. The van der Waals surface area contributed by atoms with Crippen molar-refractivity contribution in [2.24, 2.45) is 4.99 Å². The highest BCUT2D eigenvalue weighted by atomic mass is 79.9. The van der Waals surface area contributed by atoms with E-state index >= 15 is 0 Å². The van der Waals surface area contributed by atoms with E-state index in [1.165, 1.54) is 30.1 Å². The van der Waals surface area contributed by atoms with Gasteiger partial charge >= 0.3 is 5.97 Å². The van der Waals surface area contributed by atoms with Gasteiger partial charge in [-0.3, -0.25) is 9.36 Å². The predicted octanol–water partition coefficient (Wildman–Crippen LogP) is 3.60. The first-order valence-electron chi connectivity index (χ1n) is 11.6. The minimum atomic E-state index is -0.820. The molecule has 0 radical (unpaired) electrons. The van der Waals surface area contributed by atoms with Crippen molar-refractivity contribution >= 4 is 39.3 Å². The van der Waals surface area contributed by atoms with E-state index in [0.29, 0.717) is 53.6 Å². The van der Waals surface area contributed by atoms with Gasteiger partial charge in [-0.15, -0.1) is 0 Å². The molecule has 1 aliphatic rings. The van der Waals surface area contributed by atoms with Crippen molar-refractivity contribution in [3.63, 3.8) is 0 Å². The first kappa shape index (κ1) is 27.5. The molecule has 11 heteroatoms. The van der Waals surface area contributed by atoms with Gasteiger partial charge < -0.3 is 23.7 Å². The Hall–Kier alpha value is -3.57. The highest BCUT2D eigenvalue weighted by molar-refractivity contribution is 9.10. The Bertz CT molecular complexity index is 1610. The quantitative estimate of drug-likeness (QED) is 0.363. The second-order valence-electron chi connectivity index (χ2n) is 8.14. The summed E-state index contributed by atoms with van der Waals surface area (Å²) in [6.45, 7) is 3.64. The third-order valence-electron chi connectivity index (χ3n) is 6.04. The summed E-state index contributed by atoms with van der Waals surface area (Å²) in [6.07, 6.45) is 1.74. The zero-order valence-corrected chi connectivity index (χ0v) is 24.2. The van der Waals surface area contributed by atoms with Crippen LogP contribution in [0.2, 0.25) is 0 Å². The van der Waals surface area contributed by atoms with Gasteiger partial charge in [0.2, 0.25) is 0 Å². The fraction of sp³-hybridized carbons (Fsp3) is 0.296. The standard InChI is InChI=1S/C27H27BrN2O7S/c1-7-37-26(32)23-14(2)29-27-30(24(23)17-12-20(35-5)21(36-6)13-18(17)28)25(31)22(38-27)10-15-8-9-16(33-3)11-19(15)34-4/h8-13,24H,7H2,1-6H3/b22-10-/t24-/m1/s1. The van der Waals surface area contributed by atoms with Gasteiger partial charge in [0, 0.05) is 16.1 Å². The third-order valence-corrected chi connectivity index (χ3v) is 7.71. The number of rotatable bonds is 8. The van der Waals surface area contributed by atoms with Gasteiger partial charge in [-0.25, -0.2) is 9.79 Å². The number of thiazole rings is 1. The van der Waals surface area contributed by atoms with Crippen LogP contribution in [-0.4, -0.2) is 45.6 Å². The number of ether oxygens (including phenoxy) is 5. The van der Waals surface area contributed by atoms with E-state index in [1.807, 2.05) is 6.07 Å². The van der Waals surface area contributed by atoms with Crippen LogP contribution in [-0.2, 0) is 9.53 Å². The lowest BCUT2D eigenvalue weighted by atomic mass is 9.95. The van der Waals surface area contributed by atoms with Crippen LogP contribution in [0.4, 0.5) is 0 Å². The summed E-state index contributed by atoms with van der Waals surface area (Å²) in [4.78, 5) is 32.2. The number of hydrogen-bond donors (Lipinski definition) is 0. The summed E-state index contributed by atoms with van der Waals surface area (Å²) in [5.41, 5.74) is 1.73. The number of fused-ring (bicyclic) bond motifs is 1. The fourth-order valence-corrected chi connectivity index (χ4v) is 5.82. The molecule has 0 unspecified atom stereocenters. The molecule has 0 saturated carbocycles. The molecule has 9 nitrogen and oxygen atoms in total. The molecule has 2 heterocycles. The van der Waals surface area contributed by atoms with E-state index in [2.05, 4.69) is 20.9 Å². The number of nitrogens with zero attached hydrogens (tertiary/aromatic N) is 2. The second-order valence-corrected chi connectivity index (χ2v) is 10.0. The predicted molar refractivity (Wildman–Crippen MR) is 147 cm³/mol. The summed E-state index contributed by atoms with van der Waals surface area (Å²) < 4.78 is 29.7. The number of benzene rings is 2. The molecular weight excluding hydrogens is 576 g/mol. The van der Waals surface area contributed by atoms with Gasteiger partial charge in [0.1, 0.15) is 11.5 Å². The Morgan fingerprint density at radius 1 is 1.05 bits per heavy atom. The SMILES string of the molecule is CCOC(=O)C1=C(C)N=c2s/c(=C\c3ccc(OC)cc3OC)c(=O)n2[C@@H]1c1cc(OC)c(OC)cc1Br. The smallest absolute Gasteiger partial charge is 0.338 e. The number of carbonyl (C=O) groups excluding carboxylic acids is 1. The zero-order chi connectivity index (χ0) is 27.6. The first-order valence-corrected chi connectivity index (χ1v) is 13.2. The summed E-state index contributed by atoms with van der Waals surface area (Å²) in [7, 11) is 6.19. The van der Waals surface area contributed by atoms with Crippen molar-refractivity contribution in [2.45, 2.75) is 19.9 Å². The first-order chi connectivity index (χ1) is 18.3. The normalized spacial score (nSPS) is 15.0. The molecule has 3 aromatic rings. The topological polar surface area (TPSA) is 97.6 Å². The Balaban J connectivity index is 2.01. The molecule has 1 aliphatic heterocycles. The van der Waals surface area contributed by atoms with Crippen molar-refractivity contribution in [2.75, 3.05) is 35.0 Å². The van der Waals surface area contributed by atoms with E-state index in [-0.39, 0.29) is 17.7 Å². The van der Waals surface area contributed by atoms with Crippen molar-refractivity contribution in [1.29, 1.82) is 0 Å². The molecule has 1 aromatic heterocycles. The maximum absolute atomic E-state index is 13.9. The molecule has 0 amide bonds. The highest BCUT2D eigenvalue weighted by Gasteiger charge is 2.35. The average Bonchev–Trinajstić information content (AvgIpc) is 3.22. The molecule has 1 atom stereocenters. The van der Waals surface area contributed by atoms with Gasteiger partial charge in [-0.2, -0.15) is 0 Å². The molecule has 0 bridgehead atoms. The summed E-state index contributed by atoms with van der Waals surface area (Å²) in [5, 5.41) is 0. The molecule has 2 aromatic carbocycles. The van der Waals surface area contributed by atoms with Crippen LogP contribution < -0.4 is 33.8 Å². The maximum Gasteiger partial charge on any atom is 0.338 e. The molecule has 200 valence electrons. The van der Waals surface area contributed by atoms with Crippen LogP contribution >= 0.6 is 27.3 Å². The Labute approximate surface area is 231 Å². The molecule has 0 fully saturated rings. The zero-order valence-electron chi connectivity index (χ0n) is 21.8. The second kappa shape index (κ2) is 11.4. The van der Waals surface area contributed by atoms with Crippen molar-refractivity contribution in [3.8, 4) is 23.0 Å². The molecular formula is C27H27BrN2O7S. The van der Waals surface area contributed by atoms with Crippen molar-refractivity contribution in [3.05, 3.63) is 76.9 Å². The lowest BCUT2D eigenvalue weighted by Gasteiger charge is -2.26.